The zero-order chi connectivity index (χ0) is 46.2. The predicted molar refractivity (Wildman–Crippen MR) is 234 cm³/mol. The molecule has 3 N–H and O–H groups in total. The maximum atomic E-state index is 14.5. The Balaban J connectivity index is 1.20. The van der Waals surface area contributed by atoms with E-state index in [1.807, 2.05) is 45.9 Å². The van der Waals surface area contributed by atoms with Crippen molar-refractivity contribution in [2.45, 2.75) is 204 Å². The van der Waals surface area contributed by atoms with Crippen LogP contribution >= 0.6 is 0 Å². The maximum Gasteiger partial charge on any atom is 0.316 e. The van der Waals surface area contributed by atoms with Crippen LogP contribution in [0.5, 0.6) is 0 Å². The van der Waals surface area contributed by atoms with Crippen molar-refractivity contribution < 1.29 is 72.2 Å². The molecular weight excluding hydrogens is 829 g/mol. The van der Waals surface area contributed by atoms with Gasteiger partial charge in [0.2, 0.25) is 0 Å². The van der Waals surface area contributed by atoms with E-state index >= 15 is 0 Å². The lowest BCUT2D eigenvalue weighted by Crippen LogP contribution is -2.60. The fourth-order valence-electron chi connectivity index (χ4n) is 11.3. The first-order chi connectivity index (χ1) is 30.4. The minimum absolute atomic E-state index is 0.0971. The highest BCUT2D eigenvalue weighted by Crippen LogP contribution is 2.48. The Morgan fingerprint density at radius 3 is 2.27 bits per heavy atom. The summed E-state index contributed by atoms with van der Waals surface area (Å²) in [4.78, 5) is 14.5. The van der Waals surface area contributed by atoms with E-state index in [0.717, 1.165) is 17.6 Å². The normalized spacial score (nSPS) is 48.6. The zero-order valence-corrected chi connectivity index (χ0v) is 39.8. The number of carbonyl (C=O) groups is 1. The van der Waals surface area contributed by atoms with Gasteiger partial charge in [-0.25, -0.2) is 0 Å². The molecule has 5 fully saturated rings. The van der Waals surface area contributed by atoms with Gasteiger partial charge in [0.05, 0.1) is 55.4 Å². The number of hydrogen-bond acceptors (Lipinski definition) is 15. The summed E-state index contributed by atoms with van der Waals surface area (Å²) in [5.74, 6) is -2.98. The summed E-state index contributed by atoms with van der Waals surface area (Å²) >= 11 is 0. The quantitative estimate of drug-likeness (QED) is 0.202. The monoisotopic (exact) mass is 905 g/mol. The number of hydrogen-bond donors (Lipinski definition) is 3. The van der Waals surface area contributed by atoms with Gasteiger partial charge < -0.3 is 67.4 Å². The smallest absolute Gasteiger partial charge is 0.316 e. The minimum atomic E-state index is -1.74. The second kappa shape index (κ2) is 20.6. The number of methoxy groups -OCH3 is 3. The van der Waals surface area contributed by atoms with Crippen LogP contribution in [0.1, 0.15) is 100 Å². The molecule has 7 aliphatic rings. The third-order valence-electron chi connectivity index (χ3n) is 15.3. The van der Waals surface area contributed by atoms with Crippen LogP contribution in [-0.4, -0.2) is 153 Å². The van der Waals surface area contributed by atoms with Crippen molar-refractivity contribution in [3.8, 4) is 0 Å². The number of rotatable bonds is 9. The molecule has 7 rings (SSSR count). The third-order valence-corrected chi connectivity index (χ3v) is 15.3. The lowest BCUT2D eigenvalue weighted by molar-refractivity contribution is -0.354. The van der Waals surface area contributed by atoms with E-state index in [0.29, 0.717) is 31.3 Å². The van der Waals surface area contributed by atoms with Gasteiger partial charge in [-0.05, 0) is 56.8 Å². The predicted octanol–water partition coefficient (Wildman–Crippen LogP) is 5.23. The van der Waals surface area contributed by atoms with Crippen LogP contribution in [0.15, 0.2) is 47.1 Å². The van der Waals surface area contributed by atoms with Crippen molar-refractivity contribution in [2.24, 2.45) is 23.7 Å². The fourth-order valence-corrected chi connectivity index (χ4v) is 11.3. The van der Waals surface area contributed by atoms with E-state index in [2.05, 4.69) is 26.8 Å². The minimum Gasteiger partial charge on any atom is -0.462 e. The molecule has 0 aromatic rings. The van der Waals surface area contributed by atoms with E-state index in [1.165, 1.54) is 0 Å². The largest absolute Gasteiger partial charge is 0.462 e. The molecule has 21 atom stereocenters. The van der Waals surface area contributed by atoms with Crippen molar-refractivity contribution in [2.75, 3.05) is 27.9 Å². The average Bonchev–Trinajstić information content (AvgIpc) is 3.59. The number of allylic oxidation sites excluding steroid dienone is 2. The molecular formula is C49H76O15. The Hall–Kier alpha value is -2.09. The van der Waals surface area contributed by atoms with Gasteiger partial charge in [-0.3, -0.25) is 4.79 Å². The van der Waals surface area contributed by atoms with Crippen LogP contribution in [0.2, 0.25) is 0 Å². The molecule has 5 saturated heterocycles. The topological polar surface area (TPSA) is 179 Å². The number of aliphatic hydroxyl groups excluding tert-OH is 2. The molecule has 1 spiro atoms. The number of aliphatic hydroxyl groups is 3. The van der Waals surface area contributed by atoms with Crippen LogP contribution in [0.4, 0.5) is 0 Å². The van der Waals surface area contributed by atoms with Crippen LogP contribution < -0.4 is 0 Å². The van der Waals surface area contributed by atoms with Crippen molar-refractivity contribution in [3.63, 3.8) is 0 Å². The van der Waals surface area contributed by atoms with Crippen LogP contribution in [-0.2, 0) is 56.9 Å². The zero-order valence-electron chi connectivity index (χ0n) is 39.8. The Kier molecular flexibility index (Phi) is 16.1. The molecule has 362 valence electrons. The highest BCUT2D eigenvalue weighted by molar-refractivity contribution is 5.78. The Bertz CT molecular complexity index is 1730. The Morgan fingerprint density at radius 1 is 0.859 bits per heavy atom. The van der Waals surface area contributed by atoms with Crippen molar-refractivity contribution >= 4 is 5.97 Å². The first-order valence-electron chi connectivity index (χ1n) is 23.6. The van der Waals surface area contributed by atoms with Crippen molar-refractivity contribution in [3.05, 3.63) is 47.1 Å². The summed E-state index contributed by atoms with van der Waals surface area (Å²) in [5.41, 5.74) is 0.516. The summed E-state index contributed by atoms with van der Waals surface area (Å²) in [7, 11) is 4.79. The van der Waals surface area contributed by atoms with Gasteiger partial charge in [0.25, 0.3) is 0 Å². The molecule has 0 saturated carbocycles. The molecule has 15 nitrogen and oxygen atoms in total. The van der Waals surface area contributed by atoms with E-state index in [1.54, 1.807) is 34.3 Å². The van der Waals surface area contributed by atoms with Gasteiger partial charge in [-0.15, -0.1) is 0 Å². The molecule has 15 heteroatoms. The second-order valence-corrected chi connectivity index (χ2v) is 19.7. The fraction of sp³-hybridized carbons (Fsp3) is 0.816. The molecule has 0 amide bonds. The van der Waals surface area contributed by atoms with Gasteiger partial charge in [-0.2, -0.15) is 0 Å². The second-order valence-electron chi connectivity index (χ2n) is 19.7. The average molecular weight is 905 g/mol. The molecule has 0 aromatic carbocycles. The highest BCUT2D eigenvalue weighted by Gasteiger charge is 2.61. The highest BCUT2D eigenvalue weighted by atomic mass is 16.7. The number of esters is 1. The lowest BCUT2D eigenvalue weighted by atomic mass is 9.70. The van der Waals surface area contributed by atoms with Gasteiger partial charge in [0.1, 0.15) is 42.0 Å². The van der Waals surface area contributed by atoms with E-state index < -0.39 is 103 Å². The SMILES string of the molecule is CC[C@H](C)[C@H]1O[C@@]2(C[C@@H]3CC(C/C=C(/C)[C@@H](O[C@H]4C[C@H](OC)[C@@H](O[C@H]5C[C@H](OC)[C@@H](O)[C@H](C)O5)[C@H](C)O4)[C@@H](C)/C=C\C=C4CO[C@@H]5[C@H](OC)C(C)=C[C@@H](C(=O)O3)[C@]45O)O2)C[C@H](O)[C@@H]1C. The summed E-state index contributed by atoms with van der Waals surface area (Å²) in [6.07, 6.45) is 4.40. The lowest BCUT2D eigenvalue weighted by Gasteiger charge is -2.52. The van der Waals surface area contributed by atoms with Gasteiger partial charge >= 0.3 is 5.97 Å². The molecule has 64 heavy (non-hydrogen) atoms. The van der Waals surface area contributed by atoms with Crippen molar-refractivity contribution in [1.29, 1.82) is 0 Å². The van der Waals surface area contributed by atoms with Crippen LogP contribution in [0.25, 0.3) is 0 Å². The molecule has 0 aromatic heterocycles. The van der Waals surface area contributed by atoms with Crippen molar-refractivity contribution in [1.82, 2.24) is 0 Å². The Labute approximate surface area is 379 Å². The summed E-state index contributed by atoms with van der Waals surface area (Å²) in [6, 6.07) is 0. The summed E-state index contributed by atoms with van der Waals surface area (Å²) in [5, 5.41) is 34.8. The number of fused-ring (bicyclic) bond motifs is 2. The third kappa shape index (κ3) is 10.0. The molecule has 1 unspecified atom stereocenters. The summed E-state index contributed by atoms with van der Waals surface area (Å²) < 4.78 is 69.9. The summed E-state index contributed by atoms with van der Waals surface area (Å²) in [6.45, 7) is 16.1. The van der Waals surface area contributed by atoms with E-state index in [4.69, 9.17) is 52.1 Å². The molecule has 2 bridgehead atoms. The standard InChI is InChI=1S/C49H76O15/c1-12-25(2)43-29(6)36(50)23-48(64-43)22-34-19-33(63-48)17-16-27(4)42(61-40-21-38(55-10)45(31(8)59-40)62-39-20-37(54-9)41(51)30(7)58-39)26(3)14-13-15-32-24-57-46-44(56-11)28(5)18-35(47(52)60-34)49(32,46)53/h13-16,18,25-26,29-31,33-46,50-51,53H,12,17,19-24H2,1-11H3/b14-13-,27-16-,32-15?/t25-,26-,29-,30-,31-,33?,34-,35-,36-,37-,38-,39-,40-,41-,42-,43+,44+,45-,46+,48-,49+/m0/s1. The first-order valence-corrected chi connectivity index (χ1v) is 23.6. The number of ether oxygens (including phenoxy) is 11. The first kappa shape index (κ1) is 49.8. The van der Waals surface area contributed by atoms with Gasteiger partial charge in [-0.1, -0.05) is 64.5 Å². The van der Waals surface area contributed by atoms with Gasteiger partial charge in [0, 0.05) is 65.3 Å². The molecule has 1 aliphatic carbocycles. The molecule has 6 heterocycles. The molecule has 6 aliphatic heterocycles. The molecule has 0 radical (unpaired) electrons. The van der Waals surface area contributed by atoms with Crippen LogP contribution in [0.3, 0.4) is 0 Å². The van der Waals surface area contributed by atoms with Crippen LogP contribution in [0, 0.1) is 23.7 Å². The van der Waals surface area contributed by atoms with Gasteiger partial charge in [0.15, 0.2) is 18.4 Å². The van der Waals surface area contributed by atoms with E-state index in [9.17, 15) is 20.1 Å². The van der Waals surface area contributed by atoms with E-state index in [-0.39, 0.29) is 49.4 Å². The Morgan fingerprint density at radius 2 is 1.56 bits per heavy atom. The number of carbonyl (C=O) groups excluding carboxylic acids is 1. The maximum absolute atomic E-state index is 14.5.